The second-order valence-corrected chi connectivity index (χ2v) is 5.91. The zero-order valence-electron chi connectivity index (χ0n) is 13.1. The third-order valence-electron chi connectivity index (χ3n) is 2.70. The topological polar surface area (TPSA) is 73.2 Å². The van der Waals surface area contributed by atoms with Crippen molar-refractivity contribution < 1.29 is 14.3 Å². The summed E-state index contributed by atoms with van der Waals surface area (Å²) in [6.07, 6.45) is 2.69. The highest BCUT2D eigenvalue weighted by molar-refractivity contribution is 5.89. The summed E-state index contributed by atoms with van der Waals surface area (Å²) in [6, 6.07) is 7.28. The van der Waals surface area contributed by atoms with E-state index in [0.717, 1.165) is 16.8 Å². The first-order valence-corrected chi connectivity index (χ1v) is 6.91. The molecule has 0 aliphatic rings. The first-order chi connectivity index (χ1) is 10.2. The van der Waals surface area contributed by atoms with Crippen molar-refractivity contribution in [3.63, 3.8) is 0 Å². The molecule has 1 N–H and O–H groups in total. The molecule has 22 heavy (non-hydrogen) atoms. The summed E-state index contributed by atoms with van der Waals surface area (Å²) in [5.74, 6) is -0.120. The Balaban J connectivity index is 2.14. The van der Waals surface area contributed by atoms with E-state index in [0.29, 0.717) is 0 Å². The van der Waals surface area contributed by atoms with Gasteiger partial charge in [0.15, 0.2) is 0 Å². The number of rotatable bonds is 2. The number of nitrogens with one attached hydrogen (secondary N) is 1. The summed E-state index contributed by atoms with van der Waals surface area (Å²) >= 11 is 0. The van der Waals surface area contributed by atoms with Crippen LogP contribution in [-0.4, -0.2) is 27.4 Å². The predicted octanol–water partition coefficient (Wildman–Crippen LogP) is 3.29. The predicted molar refractivity (Wildman–Crippen MR) is 83.6 cm³/mol. The molecule has 1 aromatic carbocycles. The zero-order valence-corrected chi connectivity index (χ0v) is 13.1. The molecule has 6 nitrogen and oxygen atoms in total. The van der Waals surface area contributed by atoms with E-state index in [4.69, 9.17) is 4.74 Å². The highest BCUT2D eigenvalue weighted by atomic mass is 16.6. The van der Waals surface area contributed by atoms with Crippen molar-refractivity contribution in [3.8, 4) is 11.1 Å². The molecule has 1 aromatic heterocycles. The molecule has 0 unspecified atom stereocenters. The van der Waals surface area contributed by atoms with Gasteiger partial charge >= 0.3 is 6.09 Å². The number of hydrogen-bond acceptors (Lipinski definition) is 4. The average molecular weight is 301 g/mol. The number of carbonyl (C=O) groups is 2. The molecule has 0 bridgehead atoms. The Morgan fingerprint density at radius 3 is 2.32 bits per heavy atom. The first-order valence-electron chi connectivity index (χ1n) is 6.91. The summed E-state index contributed by atoms with van der Waals surface area (Å²) in [6.45, 7) is 6.86. The molecule has 116 valence electrons. The molecule has 1 heterocycles. The van der Waals surface area contributed by atoms with Gasteiger partial charge in [-0.1, -0.05) is 12.1 Å². The molecule has 1 amide bonds. The average Bonchev–Trinajstić information content (AvgIpc) is 2.86. The summed E-state index contributed by atoms with van der Waals surface area (Å²) in [7, 11) is 0. The van der Waals surface area contributed by atoms with Gasteiger partial charge in [-0.2, -0.15) is 9.78 Å². The van der Waals surface area contributed by atoms with Crippen LogP contribution in [0.15, 0.2) is 36.7 Å². The molecule has 0 radical (unpaired) electrons. The van der Waals surface area contributed by atoms with E-state index in [9.17, 15) is 9.59 Å². The van der Waals surface area contributed by atoms with E-state index < -0.39 is 11.7 Å². The van der Waals surface area contributed by atoms with Crippen molar-refractivity contribution in [1.82, 2.24) is 9.78 Å². The summed E-state index contributed by atoms with van der Waals surface area (Å²) in [5.41, 5.74) is 1.84. The fourth-order valence-electron chi connectivity index (χ4n) is 1.83. The maximum atomic E-state index is 11.9. The quantitative estimate of drug-likeness (QED) is 0.923. The van der Waals surface area contributed by atoms with Crippen LogP contribution < -0.4 is 5.32 Å². The normalized spacial score (nSPS) is 11.1. The number of nitrogens with zero attached hydrogens (tertiary/aromatic N) is 2. The Bertz CT molecular complexity index is 681. The molecule has 0 spiro atoms. The lowest BCUT2D eigenvalue weighted by molar-refractivity contribution is -0.114. The van der Waals surface area contributed by atoms with Crippen LogP contribution in [0, 0.1) is 0 Å². The molecule has 0 saturated heterocycles. The monoisotopic (exact) mass is 301 g/mol. The Kier molecular flexibility index (Phi) is 4.30. The second kappa shape index (κ2) is 6.01. The smallest absolute Gasteiger partial charge is 0.435 e. The Hall–Kier alpha value is -2.63. The van der Waals surface area contributed by atoms with Gasteiger partial charge in [-0.05, 0) is 38.5 Å². The van der Waals surface area contributed by atoms with Crippen LogP contribution >= 0.6 is 0 Å². The first kappa shape index (κ1) is 15.8. The molecule has 2 aromatic rings. The Morgan fingerprint density at radius 1 is 1.14 bits per heavy atom. The van der Waals surface area contributed by atoms with Gasteiger partial charge in [0.25, 0.3) is 0 Å². The van der Waals surface area contributed by atoms with Crippen LogP contribution in [0.3, 0.4) is 0 Å². The van der Waals surface area contributed by atoms with E-state index in [1.165, 1.54) is 11.6 Å². The van der Waals surface area contributed by atoms with Gasteiger partial charge in [-0.25, -0.2) is 4.79 Å². The fraction of sp³-hybridized carbons (Fsp3) is 0.312. The number of carbonyl (C=O) groups excluding carboxylic acids is 2. The molecule has 0 saturated carbocycles. The van der Waals surface area contributed by atoms with Gasteiger partial charge in [-0.3, -0.25) is 4.79 Å². The third kappa shape index (κ3) is 4.18. The molecular weight excluding hydrogens is 282 g/mol. The van der Waals surface area contributed by atoms with Gasteiger partial charge < -0.3 is 10.1 Å². The molecule has 0 aliphatic carbocycles. The third-order valence-corrected chi connectivity index (χ3v) is 2.70. The molecular formula is C16H19N3O3. The number of amides is 1. The second-order valence-electron chi connectivity index (χ2n) is 5.91. The standard InChI is InChI=1S/C16H19N3O3/c1-11(20)18-14-7-5-12(6-8-14)13-9-17-19(10-13)15(21)22-16(2,3)4/h5-10H,1-4H3,(H,18,20). The van der Waals surface area contributed by atoms with Crippen LogP contribution in [0.5, 0.6) is 0 Å². The maximum Gasteiger partial charge on any atom is 0.435 e. The minimum absolute atomic E-state index is 0.120. The van der Waals surface area contributed by atoms with Gasteiger partial charge in [0.1, 0.15) is 5.60 Å². The van der Waals surface area contributed by atoms with Crippen LogP contribution in [0.2, 0.25) is 0 Å². The van der Waals surface area contributed by atoms with Gasteiger partial charge in [0, 0.05) is 24.4 Å². The molecule has 0 aliphatic heterocycles. The van der Waals surface area contributed by atoms with E-state index in [1.54, 1.807) is 45.3 Å². The minimum atomic E-state index is -0.566. The minimum Gasteiger partial charge on any atom is -0.442 e. The van der Waals surface area contributed by atoms with E-state index in [2.05, 4.69) is 10.4 Å². The molecule has 0 atom stereocenters. The van der Waals surface area contributed by atoms with Crippen LogP contribution in [0.25, 0.3) is 11.1 Å². The van der Waals surface area contributed by atoms with E-state index >= 15 is 0 Å². The largest absolute Gasteiger partial charge is 0.442 e. The molecule has 2 rings (SSSR count). The van der Waals surface area contributed by atoms with Crippen molar-refractivity contribution in [2.24, 2.45) is 0 Å². The van der Waals surface area contributed by atoms with Gasteiger partial charge in [0.05, 0.1) is 6.20 Å². The SMILES string of the molecule is CC(=O)Nc1ccc(-c2cnn(C(=O)OC(C)(C)C)c2)cc1. The van der Waals surface area contributed by atoms with Gasteiger partial charge in [0.2, 0.25) is 5.91 Å². The van der Waals surface area contributed by atoms with Crippen LogP contribution in [0.1, 0.15) is 27.7 Å². The summed E-state index contributed by atoms with van der Waals surface area (Å²) < 4.78 is 6.42. The summed E-state index contributed by atoms with van der Waals surface area (Å²) in [4.78, 5) is 22.9. The fourth-order valence-corrected chi connectivity index (χ4v) is 1.83. The Morgan fingerprint density at radius 2 is 1.77 bits per heavy atom. The maximum absolute atomic E-state index is 11.9. The lowest BCUT2D eigenvalue weighted by atomic mass is 10.1. The van der Waals surface area contributed by atoms with Crippen LogP contribution in [-0.2, 0) is 9.53 Å². The van der Waals surface area contributed by atoms with E-state index in [-0.39, 0.29) is 5.91 Å². The molecule has 6 heteroatoms. The van der Waals surface area contributed by atoms with Crippen molar-refractivity contribution >= 4 is 17.7 Å². The summed E-state index contributed by atoms with van der Waals surface area (Å²) in [5, 5.41) is 6.72. The van der Waals surface area contributed by atoms with Crippen molar-refractivity contribution in [2.45, 2.75) is 33.3 Å². The van der Waals surface area contributed by atoms with Gasteiger partial charge in [-0.15, -0.1) is 0 Å². The lowest BCUT2D eigenvalue weighted by Gasteiger charge is -2.18. The number of benzene rings is 1. The lowest BCUT2D eigenvalue weighted by Crippen LogP contribution is -2.27. The Labute approximate surface area is 129 Å². The van der Waals surface area contributed by atoms with Crippen molar-refractivity contribution in [1.29, 1.82) is 0 Å². The number of ether oxygens (including phenoxy) is 1. The van der Waals surface area contributed by atoms with E-state index in [1.807, 2.05) is 12.1 Å². The van der Waals surface area contributed by atoms with Crippen molar-refractivity contribution in [2.75, 3.05) is 5.32 Å². The zero-order chi connectivity index (χ0) is 16.3. The van der Waals surface area contributed by atoms with Crippen molar-refractivity contribution in [3.05, 3.63) is 36.7 Å². The highest BCUT2D eigenvalue weighted by Crippen LogP contribution is 2.21. The molecule has 0 fully saturated rings. The number of aromatic nitrogens is 2. The number of anilines is 1. The number of hydrogen-bond donors (Lipinski definition) is 1. The van der Waals surface area contributed by atoms with Crippen LogP contribution in [0.4, 0.5) is 10.5 Å². The highest BCUT2D eigenvalue weighted by Gasteiger charge is 2.18.